The van der Waals surface area contributed by atoms with Crippen molar-refractivity contribution in [2.45, 2.75) is 12.8 Å². The molecule has 0 amide bonds. The van der Waals surface area contributed by atoms with Crippen LogP contribution < -0.4 is 0 Å². The van der Waals surface area contributed by atoms with Gasteiger partial charge in [0.15, 0.2) is 5.92 Å². The molecule has 0 unspecified atom stereocenters. The van der Waals surface area contributed by atoms with Crippen molar-refractivity contribution < 1.29 is 24.2 Å². The monoisotopic (exact) mass is 242 g/mol. The van der Waals surface area contributed by atoms with Crippen LogP contribution in [0, 0.1) is 5.92 Å². The molecule has 96 valence electrons. The predicted molar refractivity (Wildman–Crippen MR) is 62.1 cm³/mol. The number of aliphatic hydroxyl groups excluding tert-OH is 1. The molecule has 0 aliphatic carbocycles. The number of hydrogen-bond acceptors (Lipinski definition) is 5. The number of ether oxygens (including phenoxy) is 2. The van der Waals surface area contributed by atoms with Crippen molar-refractivity contribution in [2.24, 2.45) is 5.92 Å². The molecule has 0 aromatic rings. The first-order chi connectivity index (χ1) is 8.06. The first-order valence-electron chi connectivity index (χ1n) is 5.15. The molecule has 17 heavy (non-hydrogen) atoms. The fourth-order valence-corrected chi connectivity index (χ4v) is 1.24. The molecule has 0 aliphatic heterocycles. The highest BCUT2D eigenvalue weighted by molar-refractivity contribution is 5.95. The Morgan fingerprint density at radius 1 is 1.24 bits per heavy atom. The van der Waals surface area contributed by atoms with Crippen LogP contribution in [0.4, 0.5) is 0 Å². The maximum absolute atomic E-state index is 11.4. The lowest BCUT2D eigenvalue weighted by Gasteiger charge is -2.12. The number of carbonyl (C=O) groups is 2. The summed E-state index contributed by atoms with van der Waals surface area (Å²) in [5, 5.41) is 8.55. The minimum atomic E-state index is -0.972. The van der Waals surface area contributed by atoms with Gasteiger partial charge in [-0.3, -0.25) is 9.59 Å². The highest BCUT2D eigenvalue weighted by Crippen LogP contribution is 2.16. The van der Waals surface area contributed by atoms with Crippen molar-refractivity contribution in [3.05, 3.63) is 24.3 Å². The number of allylic oxidation sites excluding steroid dienone is 2. The molecule has 0 saturated heterocycles. The van der Waals surface area contributed by atoms with E-state index in [9.17, 15) is 9.59 Å². The predicted octanol–water partition coefficient (Wildman–Crippen LogP) is 0.833. The molecule has 0 aromatic carbocycles. The van der Waals surface area contributed by atoms with Gasteiger partial charge in [-0.15, -0.1) is 0 Å². The van der Waals surface area contributed by atoms with Gasteiger partial charge in [0.05, 0.1) is 20.8 Å². The van der Waals surface area contributed by atoms with E-state index in [4.69, 9.17) is 5.11 Å². The third-order valence-corrected chi connectivity index (χ3v) is 2.14. The normalized spacial score (nSPS) is 10.6. The molecule has 0 rings (SSSR count). The zero-order valence-corrected chi connectivity index (χ0v) is 10.1. The Morgan fingerprint density at radius 3 is 2.18 bits per heavy atom. The van der Waals surface area contributed by atoms with Crippen LogP contribution in [-0.2, 0) is 19.1 Å². The minimum absolute atomic E-state index is 0.0509. The maximum Gasteiger partial charge on any atom is 0.320 e. The fourth-order valence-electron chi connectivity index (χ4n) is 1.24. The van der Waals surface area contributed by atoms with Crippen LogP contribution >= 0.6 is 0 Å². The molecular weight excluding hydrogens is 224 g/mol. The number of hydrogen-bond donors (Lipinski definition) is 1. The zero-order chi connectivity index (χ0) is 13.3. The van der Waals surface area contributed by atoms with Crippen LogP contribution in [0.2, 0.25) is 0 Å². The van der Waals surface area contributed by atoms with E-state index in [0.29, 0.717) is 12.0 Å². The Hall–Kier alpha value is -1.62. The van der Waals surface area contributed by atoms with Gasteiger partial charge in [-0.1, -0.05) is 24.3 Å². The molecule has 0 aliphatic rings. The quantitative estimate of drug-likeness (QED) is 0.407. The molecule has 0 aromatic heterocycles. The Labute approximate surface area is 101 Å². The molecule has 5 nitrogen and oxygen atoms in total. The average Bonchev–Trinajstić information content (AvgIpc) is 2.34. The minimum Gasteiger partial charge on any atom is -0.468 e. The van der Waals surface area contributed by atoms with E-state index in [1.165, 1.54) is 14.2 Å². The Bertz CT molecular complexity index is 290. The second-order valence-corrected chi connectivity index (χ2v) is 3.41. The topological polar surface area (TPSA) is 72.8 Å². The van der Waals surface area contributed by atoms with Crippen LogP contribution in [0.15, 0.2) is 24.3 Å². The summed E-state index contributed by atoms with van der Waals surface area (Å²) in [7, 11) is 2.43. The van der Waals surface area contributed by atoms with Crippen molar-refractivity contribution in [1.82, 2.24) is 0 Å². The van der Waals surface area contributed by atoms with Crippen molar-refractivity contribution in [3.63, 3.8) is 0 Å². The van der Waals surface area contributed by atoms with Crippen LogP contribution in [0.3, 0.4) is 0 Å². The SMILES string of the molecule is C=C(C/C=C/CO)CC(C(=O)OC)C(=O)OC. The molecule has 1 N–H and O–H groups in total. The highest BCUT2D eigenvalue weighted by atomic mass is 16.5. The Morgan fingerprint density at radius 2 is 1.76 bits per heavy atom. The van der Waals surface area contributed by atoms with Crippen LogP contribution in [0.1, 0.15) is 12.8 Å². The Kier molecular flexibility index (Phi) is 7.71. The van der Waals surface area contributed by atoms with Crippen molar-refractivity contribution in [2.75, 3.05) is 20.8 Å². The van der Waals surface area contributed by atoms with Crippen molar-refractivity contribution in [3.8, 4) is 0 Å². The maximum atomic E-state index is 11.4. The third-order valence-electron chi connectivity index (χ3n) is 2.14. The summed E-state index contributed by atoms with van der Waals surface area (Å²) in [6, 6.07) is 0. The number of methoxy groups -OCH3 is 2. The largest absolute Gasteiger partial charge is 0.468 e. The lowest BCUT2D eigenvalue weighted by Crippen LogP contribution is -2.26. The average molecular weight is 242 g/mol. The van der Waals surface area contributed by atoms with E-state index >= 15 is 0 Å². The molecule has 0 saturated carbocycles. The molecule has 0 bridgehead atoms. The standard InChI is InChI=1S/C12H18O5/c1-9(6-4-5-7-13)8-10(11(14)16-2)12(15)17-3/h4-5,10,13H,1,6-8H2,2-3H3/b5-4+. The van der Waals surface area contributed by atoms with Gasteiger partial charge in [0.25, 0.3) is 0 Å². The van der Waals surface area contributed by atoms with Gasteiger partial charge in [-0.05, 0) is 12.8 Å². The van der Waals surface area contributed by atoms with Crippen molar-refractivity contribution in [1.29, 1.82) is 0 Å². The van der Waals surface area contributed by atoms with Gasteiger partial charge in [0.2, 0.25) is 0 Å². The highest BCUT2D eigenvalue weighted by Gasteiger charge is 2.28. The van der Waals surface area contributed by atoms with Crippen molar-refractivity contribution >= 4 is 11.9 Å². The third kappa shape index (κ3) is 5.87. The van der Waals surface area contributed by atoms with Gasteiger partial charge in [0.1, 0.15) is 0 Å². The summed E-state index contributed by atoms with van der Waals surface area (Å²) >= 11 is 0. The first kappa shape index (κ1) is 15.4. The van der Waals surface area contributed by atoms with Crippen LogP contribution in [-0.4, -0.2) is 37.9 Å². The fraction of sp³-hybridized carbons (Fsp3) is 0.500. The summed E-state index contributed by atoms with van der Waals surface area (Å²) in [5.74, 6) is -2.24. The van der Waals surface area contributed by atoms with E-state index in [1.54, 1.807) is 12.2 Å². The summed E-state index contributed by atoms with van der Waals surface area (Å²) in [6.07, 6.45) is 3.95. The van der Waals surface area contributed by atoms with Crippen LogP contribution in [0.5, 0.6) is 0 Å². The summed E-state index contributed by atoms with van der Waals surface area (Å²) < 4.78 is 9.05. The molecule has 5 heteroatoms. The van der Waals surface area contributed by atoms with Gasteiger partial charge >= 0.3 is 11.9 Å². The molecule has 0 atom stereocenters. The molecule has 0 fully saturated rings. The number of aliphatic hydroxyl groups is 1. The molecule has 0 spiro atoms. The molecular formula is C12H18O5. The van der Waals surface area contributed by atoms with Gasteiger partial charge in [-0.2, -0.15) is 0 Å². The van der Waals surface area contributed by atoms with Gasteiger partial charge in [-0.25, -0.2) is 0 Å². The number of rotatable bonds is 7. The number of esters is 2. The smallest absolute Gasteiger partial charge is 0.320 e. The van der Waals surface area contributed by atoms with Gasteiger partial charge in [0, 0.05) is 0 Å². The van der Waals surface area contributed by atoms with E-state index < -0.39 is 17.9 Å². The second-order valence-electron chi connectivity index (χ2n) is 3.41. The van der Waals surface area contributed by atoms with E-state index in [-0.39, 0.29) is 13.0 Å². The molecule has 0 heterocycles. The number of carbonyl (C=O) groups excluding carboxylic acids is 2. The molecule has 0 radical (unpaired) electrons. The van der Waals surface area contributed by atoms with Gasteiger partial charge < -0.3 is 14.6 Å². The lowest BCUT2D eigenvalue weighted by atomic mass is 9.98. The van der Waals surface area contributed by atoms with E-state index in [0.717, 1.165) is 0 Å². The van der Waals surface area contributed by atoms with E-state index in [2.05, 4.69) is 16.1 Å². The Balaban J connectivity index is 4.43. The summed E-state index contributed by atoms with van der Waals surface area (Å²) in [6.45, 7) is 3.70. The summed E-state index contributed by atoms with van der Waals surface area (Å²) in [4.78, 5) is 22.7. The zero-order valence-electron chi connectivity index (χ0n) is 10.1. The summed E-state index contributed by atoms with van der Waals surface area (Å²) in [5.41, 5.74) is 0.690. The van der Waals surface area contributed by atoms with Crippen LogP contribution in [0.25, 0.3) is 0 Å². The first-order valence-corrected chi connectivity index (χ1v) is 5.15. The van der Waals surface area contributed by atoms with E-state index in [1.807, 2.05) is 0 Å². The second kappa shape index (κ2) is 8.52. The lowest BCUT2D eigenvalue weighted by molar-refractivity contribution is -0.158.